The van der Waals surface area contributed by atoms with Gasteiger partial charge in [0.05, 0.1) is 13.2 Å². The summed E-state index contributed by atoms with van der Waals surface area (Å²) in [6.45, 7) is 5.47. The normalized spacial score (nSPS) is 29.0. The summed E-state index contributed by atoms with van der Waals surface area (Å²) in [6.07, 6.45) is 1.10. The third-order valence-electron chi connectivity index (χ3n) is 2.09. The molecule has 3 aliphatic heterocycles. The van der Waals surface area contributed by atoms with E-state index in [2.05, 4.69) is 4.90 Å². The van der Waals surface area contributed by atoms with E-state index in [1.165, 1.54) is 0 Å². The number of fused-ring (bicyclic) bond motifs is 7. The lowest BCUT2D eigenvalue weighted by Gasteiger charge is -2.23. The third-order valence-corrected chi connectivity index (χ3v) is 3.41. The molecule has 0 amide bonds. The van der Waals surface area contributed by atoms with Gasteiger partial charge in [0.2, 0.25) is 0 Å². The lowest BCUT2D eigenvalue weighted by Crippen LogP contribution is -2.38. The van der Waals surface area contributed by atoms with Crippen LogP contribution >= 0.6 is 0 Å². The predicted octanol–water partition coefficient (Wildman–Crippen LogP) is -0.260. The molecule has 3 heterocycles. The summed E-state index contributed by atoms with van der Waals surface area (Å²) in [6, 6.07) is 0. The van der Waals surface area contributed by atoms with Gasteiger partial charge in [0.1, 0.15) is 0 Å². The standard InChI is InChI=1S/C7H14NO3Si/c1-2-8-3-6-10-12(9-5-1)11-7-4-8/h1-7H2. The highest BCUT2D eigenvalue weighted by Crippen LogP contribution is 2.04. The van der Waals surface area contributed by atoms with Gasteiger partial charge in [-0.25, -0.2) is 0 Å². The molecule has 0 atom stereocenters. The highest BCUT2D eigenvalue weighted by Gasteiger charge is 2.24. The zero-order valence-electron chi connectivity index (χ0n) is 7.12. The SMILES string of the molecule is C1CO[Si]2OCCN(C1)CCO2. The molecular weight excluding hydrogens is 174 g/mol. The van der Waals surface area contributed by atoms with Crippen molar-refractivity contribution in [1.29, 1.82) is 0 Å². The highest BCUT2D eigenvalue weighted by molar-refractivity contribution is 6.36. The van der Waals surface area contributed by atoms with E-state index in [1.807, 2.05) is 0 Å². The molecule has 2 bridgehead atoms. The summed E-state index contributed by atoms with van der Waals surface area (Å²) in [5.74, 6) is 0. The predicted molar refractivity (Wildman–Crippen MR) is 44.7 cm³/mol. The maximum atomic E-state index is 5.46. The van der Waals surface area contributed by atoms with Crippen LogP contribution < -0.4 is 0 Å². The molecule has 0 aromatic carbocycles. The average molecular weight is 188 g/mol. The second-order valence-corrected chi connectivity index (χ2v) is 4.36. The van der Waals surface area contributed by atoms with E-state index in [-0.39, 0.29) is 0 Å². The van der Waals surface area contributed by atoms with Crippen LogP contribution in [-0.2, 0) is 13.3 Å². The Morgan fingerprint density at radius 2 is 1.50 bits per heavy atom. The number of rotatable bonds is 0. The minimum absolute atomic E-state index is 0.758. The fourth-order valence-electron chi connectivity index (χ4n) is 1.42. The molecule has 0 aromatic heterocycles. The first-order chi connectivity index (χ1) is 5.95. The van der Waals surface area contributed by atoms with Gasteiger partial charge in [-0.1, -0.05) is 0 Å². The summed E-state index contributed by atoms with van der Waals surface area (Å²) in [5, 5.41) is 0. The fraction of sp³-hybridized carbons (Fsp3) is 1.00. The van der Waals surface area contributed by atoms with Crippen LogP contribution in [0, 0.1) is 0 Å². The van der Waals surface area contributed by atoms with Gasteiger partial charge in [0.25, 0.3) is 0 Å². The second kappa shape index (κ2) is 4.34. The van der Waals surface area contributed by atoms with Crippen LogP contribution in [0.25, 0.3) is 0 Å². The van der Waals surface area contributed by atoms with Gasteiger partial charge >= 0.3 is 9.53 Å². The van der Waals surface area contributed by atoms with Crippen LogP contribution in [-0.4, -0.2) is 53.9 Å². The Hall–Kier alpha value is 0.0569. The Bertz CT molecular complexity index is 117. The van der Waals surface area contributed by atoms with Crippen molar-refractivity contribution in [1.82, 2.24) is 4.90 Å². The van der Waals surface area contributed by atoms with Gasteiger partial charge in [0, 0.05) is 26.2 Å². The molecule has 0 spiro atoms. The molecule has 0 aliphatic carbocycles. The maximum Gasteiger partial charge on any atom is 0.577 e. The quantitative estimate of drug-likeness (QED) is 0.490. The first-order valence-electron chi connectivity index (χ1n) is 4.43. The molecule has 3 fully saturated rings. The monoisotopic (exact) mass is 188 g/mol. The van der Waals surface area contributed by atoms with Gasteiger partial charge in [-0.2, -0.15) is 0 Å². The van der Waals surface area contributed by atoms with Crippen molar-refractivity contribution in [3.8, 4) is 0 Å². The first-order valence-corrected chi connectivity index (χ1v) is 5.65. The van der Waals surface area contributed by atoms with Crippen LogP contribution in [0.1, 0.15) is 6.42 Å². The minimum atomic E-state index is -1.37. The van der Waals surface area contributed by atoms with Gasteiger partial charge in [-0.3, -0.25) is 4.90 Å². The van der Waals surface area contributed by atoms with Crippen LogP contribution in [0.3, 0.4) is 0 Å². The maximum absolute atomic E-state index is 5.46. The fourth-order valence-corrected chi connectivity index (χ4v) is 2.50. The van der Waals surface area contributed by atoms with Crippen molar-refractivity contribution in [3.05, 3.63) is 0 Å². The molecule has 1 radical (unpaired) electrons. The summed E-state index contributed by atoms with van der Waals surface area (Å²) >= 11 is 0. The zero-order valence-corrected chi connectivity index (χ0v) is 8.12. The van der Waals surface area contributed by atoms with Crippen LogP contribution in [0.5, 0.6) is 0 Å². The van der Waals surface area contributed by atoms with Crippen molar-refractivity contribution >= 4 is 9.53 Å². The van der Waals surface area contributed by atoms with Crippen LogP contribution in [0.15, 0.2) is 0 Å². The van der Waals surface area contributed by atoms with E-state index in [1.54, 1.807) is 0 Å². The summed E-state index contributed by atoms with van der Waals surface area (Å²) < 4.78 is 16.4. The Kier molecular flexibility index (Phi) is 3.13. The molecule has 4 nitrogen and oxygen atoms in total. The molecule has 0 saturated carbocycles. The lowest BCUT2D eigenvalue weighted by molar-refractivity contribution is 0.0703. The zero-order chi connectivity index (χ0) is 8.23. The Morgan fingerprint density at radius 3 is 2.25 bits per heavy atom. The Balaban J connectivity index is 1.96. The van der Waals surface area contributed by atoms with Gasteiger partial charge in [-0.05, 0) is 6.42 Å². The smallest absolute Gasteiger partial charge is 0.371 e. The van der Waals surface area contributed by atoms with E-state index >= 15 is 0 Å². The average Bonchev–Trinajstić information content (AvgIpc) is 2.18. The topological polar surface area (TPSA) is 30.9 Å². The second-order valence-electron chi connectivity index (χ2n) is 2.99. The lowest BCUT2D eigenvalue weighted by atomic mass is 10.4. The summed E-state index contributed by atoms with van der Waals surface area (Å²) in [5.41, 5.74) is 0. The number of hydrogen-bond acceptors (Lipinski definition) is 4. The van der Waals surface area contributed by atoms with Crippen molar-refractivity contribution in [3.63, 3.8) is 0 Å². The van der Waals surface area contributed by atoms with Crippen molar-refractivity contribution in [2.75, 3.05) is 39.5 Å². The van der Waals surface area contributed by atoms with Gasteiger partial charge in [0.15, 0.2) is 0 Å². The molecule has 0 N–H and O–H groups in total. The Labute approximate surface area is 74.4 Å². The van der Waals surface area contributed by atoms with Gasteiger partial charge < -0.3 is 13.3 Å². The molecule has 5 heteroatoms. The molecule has 3 rings (SSSR count). The minimum Gasteiger partial charge on any atom is -0.371 e. The number of nitrogens with zero attached hydrogens (tertiary/aromatic N) is 1. The van der Waals surface area contributed by atoms with Crippen LogP contribution in [0.4, 0.5) is 0 Å². The van der Waals surface area contributed by atoms with E-state index in [0.717, 1.165) is 45.9 Å². The first kappa shape index (κ1) is 8.65. The molecular formula is C7H14NO3Si. The van der Waals surface area contributed by atoms with E-state index < -0.39 is 9.53 Å². The van der Waals surface area contributed by atoms with Crippen molar-refractivity contribution in [2.24, 2.45) is 0 Å². The summed E-state index contributed by atoms with van der Waals surface area (Å²) in [7, 11) is -1.37. The van der Waals surface area contributed by atoms with Crippen molar-refractivity contribution < 1.29 is 13.3 Å². The largest absolute Gasteiger partial charge is 0.577 e. The molecule has 0 aromatic rings. The molecule has 0 unspecified atom stereocenters. The molecule has 69 valence electrons. The van der Waals surface area contributed by atoms with E-state index in [9.17, 15) is 0 Å². The molecule has 3 saturated heterocycles. The van der Waals surface area contributed by atoms with Crippen molar-refractivity contribution in [2.45, 2.75) is 6.42 Å². The van der Waals surface area contributed by atoms with E-state index in [0.29, 0.717) is 0 Å². The highest BCUT2D eigenvalue weighted by atomic mass is 28.3. The Morgan fingerprint density at radius 1 is 0.833 bits per heavy atom. The molecule has 12 heavy (non-hydrogen) atoms. The number of hydrogen-bond donors (Lipinski definition) is 0. The summed E-state index contributed by atoms with van der Waals surface area (Å²) in [4.78, 5) is 2.37. The molecule has 3 aliphatic rings. The van der Waals surface area contributed by atoms with Crippen LogP contribution in [0.2, 0.25) is 0 Å². The van der Waals surface area contributed by atoms with E-state index in [4.69, 9.17) is 13.3 Å². The third kappa shape index (κ3) is 2.27. The van der Waals surface area contributed by atoms with Gasteiger partial charge in [-0.15, -0.1) is 0 Å².